The van der Waals surface area contributed by atoms with Crippen LogP contribution in [0.1, 0.15) is 36.5 Å². The Labute approximate surface area is 166 Å². The summed E-state index contributed by atoms with van der Waals surface area (Å²) in [5, 5.41) is 13.4. The molecule has 148 valence electrons. The number of rotatable bonds is 6. The van der Waals surface area contributed by atoms with Crippen LogP contribution in [0.3, 0.4) is 0 Å². The highest BCUT2D eigenvalue weighted by Gasteiger charge is 2.22. The number of aliphatic hydroxyl groups excluding tert-OH is 1. The van der Waals surface area contributed by atoms with Gasteiger partial charge in [0.05, 0.1) is 11.8 Å². The Balaban J connectivity index is 1.29. The number of nitrogens with zero attached hydrogens (tertiary/aromatic N) is 1. The molecule has 2 heterocycles. The van der Waals surface area contributed by atoms with E-state index >= 15 is 0 Å². The zero-order valence-corrected chi connectivity index (χ0v) is 16.1. The van der Waals surface area contributed by atoms with Gasteiger partial charge >= 0.3 is 0 Å². The lowest BCUT2D eigenvalue weighted by atomic mass is 9.91. The Morgan fingerprint density at radius 1 is 1.21 bits per heavy atom. The molecule has 2 atom stereocenters. The van der Waals surface area contributed by atoms with Gasteiger partial charge in [-0.15, -0.1) is 0 Å². The molecule has 0 bridgehead atoms. The molecule has 2 N–H and O–H groups in total. The number of amides is 1. The van der Waals surface area contributed by atoms with Gasteiger partial charge in [-0.25, -0.2) is 0 Å². The molecule has 5 heteroatoms. The average Bonchev–Trinajstić information content (AvgIpc) is 2.72. The van der Waals surface area contributed by atoms with E-state index in [-0.39, 0.29) is 12.5 Å². The van der Waals surface area contributed by atoms with Crippen LogP contribution in [0, 0.1) is 5.92 Å². The van der Waals surface area contributed by atoms with Crippen LogP contribution in [-0.4, -0.2) is 42.2 Å². The summed E-state index contributed by atoms with van der Waals surface area (Å²) >= 11 is 0. The minimum Gasteiger partial charge on any atom is -0.482 e. The van der Waals surface area contributed by atoms with E-state index in [0.29, 0.717) is 23.8 Å². The number of nitrogens with one attached hydrogen (secondary N) is 1. The van der Waals surface area contributed by atoms with Gasteiger partial charge in [-0.3, -0.25) is 4.79 Å². The Morgan fingerprint density at radius 3 is 2.93 bits per heavy atom. The van der Waals surface area contributed by atoms with Gasteiger partial charge in [0.15, 0.2) is 6.61 Å². The molecule has 0 aliphatic carbocycles. The van der Waals surface area contributed by atoms with E-state index in [0.717, 1.165) is 31.6 Å². The minimum absolute atomic E-state index is 0.0309. The van der Waals surface area contributed by atoms with Gasteiger partial charge in [-0.1, -0.05) is 36.4 Å². The molecule has 0 radical (unpaired) electrons. The Kier molecular flexibility index (Phi) is 5.93. The van der Waals surface area contributed by atoms with Gasteiger partial charge in [0.2, 0.25) is 0 Å². The van der Waals surface area contributed by atoms with Crippen LogP contribution in [0.25, 0.3) is 0 Å². The van der Waals surface area contributed by atoms with Crippen molar-refractivity contribution in [3.05, 3.63) is 59.7 Å². The van der Waals surface area contributed by atoms with E-state index in [1.165, 1.54) is 18.4 Å². The largest absolute Gasteiger partial charge is 0.482 e. The van der Waals surface area contributed by atoms with E-state index in [9.17, 15) is 9.90 Å². The van der Waals surface area contributed by atoms with Gasteiger partial charge in [-0.2, -0.15) is 0 Å². The molecule has 4 rings (SSSR count). The lowest BCUT2D eigenvalue weighted by Gasteiger charge is -2.33. The van der Waals surface area contributed by atoms with Crippen LogP contribution >= 0.6 is 0 Å². The molecule has 2 aliphatic rings. The molecule has 0 saturated carbocycles. The second kappa shape index (κ2) is 8.76. The van der Waals surface area contributed by atoms with Crippen molar-refractivity contribution in [3.8, 4) is 5.75 Å². The molecular weight excluding hydrogens is 352 g/mol. The van der Waals surface area contributed by atoms with Crippen LogP contribution in [0.5, 0.6) is 5.75 Å². The third-order valence-corrected chi connectivity index (χ3v) is 5.71. The smallest absolute Gasteiger partial charge is 0.262 e. The van der Waals surface area contributed by atoms with E-state index in [4.69, 9.17) is 4.74 Å². The maximum Gasteiger partial charge on any atom is 0.262 e. The predicted molar refractivity (Wildman–Crippen MR) is 109 cm³/mol. The number of piperidine rings is 1. The number of ether oxygens (including phenoxy) is 1. The van der Waals surface area contributed by atoms with Gasteiger partial charge in [-0.05, 0) is 61.4 Å². The topological polar surface area (TPSA) is 61.8 Å². The van der Waals surface area contributed by atoms with Gasteiger partial charge in [0.25, 0.3) is 5.91 Å². The summed E-state index contributed by atoms with van der Waals surface area (Å²) in [6, 6.07) is 16.2. The summed E-state index contributed by atoms with van der Waals surface area (Å²) in [6.45, 7) is 3.13. The molecule has 2 aliphatic heterocycles. The summed E-state index contributed by atoms with van der Waals surface area (Å²) in [5.41, 5.74) is 2.93. The summed E-state index contributed by atoms with van der Waals surface area (Å²) in [7, 11) is 0. The van der Waals surface area contributed by atoms with E-state index in [2.05, 4.69) is 40.5 Å². The fourth-order valence-corrected chi connectivity index (χ4v) is 4.24. The minimum atomic E-state index is -0.527. The number of likely N-dealkylation sites (tertiary alicyclic amines) is 1. The monoisotopic (exact) mass is 380 g/mol. The first-order chi connectivity index (χ1) is 13.7. The molecule has 2 aromatic carbocycles. The van der Waals surface area contributed by atoms with Crippen LogP contribution in [0.2, 0.25) is 0 Å². The van der Waals surface area contributed by atoms with Crippen molar-refractivity contribution in [1.82, 2.24) is 4.90 Å². The summed E-state index contributed by atoms with van der Waals surface area (Å²) in [4.78, 5) is 13.9. The quantitative estimate of drug-likeness (QED) is 0.806. The van der Waals surface area contributed by atoms with E-state index in [1.54, 1.807) is 0 Å². The first-order valence-corrected chi connectivity index (χ1v) is 10.2. The zero-order chi connectivity index (χ0) is 19.3. The molecule has 0 aromatic heterocycles. The van der Waals surface area contributed by atoms with Gasteiger partial charge in [0.1, 0.15) is 5.75 Å². The summed E-state index contributed by atoms with van der Waals surface area (Å²) in [5.74, 6) is 1.18. The number of anilines is 1. The third kappa shape index (κ3) is 4.72. The molecule has 1 saturated heterocycles. The maximum absolute atomic E-state index is 11.4. The van der Waals surface area contributed by atoms with Crippen LogP contribution < -0.4 is 10.1 Å². The van der Waals surface area contributed by atoms with Crippen molar-refractivity contribution in [3.63, 3.8) is 0 Å². The number of carbonyl (C=O) groups excluding carboxylic acids is 1. The zero-order valence-electron chi connectivity index (χ0n) is 16.1. The molecule has 28 heavy (non-hydrogen) atoms. The van der Waals surface area contributed by atoms with Crippen molar-refractivity contribution in [2.24, 2.45) is 5.92 Å². The molecular formula is C23H28N2O3. The molecule has 2 aromatic rings. The number of benzene rings is 2. The Bertz CT molecular complexity index is 809. The fraction of sp³-hybridized carbons (Fsp3) is 0.435. The van der Waals surface area contributed by atoms with Crippen molar-refractivity contribution in [2.45, 2.75) is 31.8 Å². The first kappa shape index (κ1) is 19.0. The maximum atomic E-state index is 11.4. The van der Waals surface area contributed by atoms with Crippen LogP contribution in [-0.2, 0) is 11.2 Å². The molecule has 1 fully saturated rings. The highest BCUT2D eigenvalue weighted by atomic mass is 16.5. The average molecular weight is 380 g/mol. The van der Waals surface area contributed by atoms with Crippen molar-refractivity contribution in [2.75, 3.05) is 31.6 Å². The number of carbonyl (C=O) groups is 1. The lowest BCUT2D eigenvalue weighted by Crippen LogP contribution is -2.37. The van der Waals surface area contributed by atoms with Crippen molar-refractivity contribution in [1.29, 1.82) is 0 Å². The number of aliphatic hydroxyl groups is 1. The highest BCUT2D eigenvalue weighted by Crippen LogP contribution is 2.32. The number of fused-ring (bicyclic) bond motifs is 1. The van der Waals surface area contributed by atoms with E-state index in [1.807, 2.05) is 18.2 Å². The van der Waals surface area contributed by atoms with Crippen molar-refractivity contribution >= 4 is 11.6 Å². The second-order valence-corrected chi connectivity index (χ2v) is 7.90. The molecule has 1 amide bonds. The molecule has 1 unspecified atom stereocenters. The summed E-state index contributed by atoms with van der Waals surface area (Å²) in [6.07, 6.45) is 3.81. The highest BCUT2D eigenvalue weighted by molar-refractivity contribution is 5.95. The normalized spacial score (nSPS) is 20.8. The third-order valence-electron chi connectivity index (χ3n) is 5.71. The van der Waals surface area contributed by atoms with Gasteiger partial charge < -0.3 is 20.1 Å². The number of hydrogen-bond acceptors (Lipinski definition) is 4. The van der Waals surface area contributed by atoms with Crippen LogP contribution in [0.4, 0.5) is 5.69 Å². The van der Waals surface area contributed by atoms with Gasteiger partial charge in [0, 0.05) is 13.1 Å². The lowest BCUT2D eigenvalue weighted by molar-refractivity contribution is -0.118. The fourth-order valence-electron chi connectivity index (χ4n) is 4.24. The standard InChI is InChI=1S/C23H28N2O3/c26-21(19-8-9-20-22(14-19)28-16-23(27)24-20)10-12-25-11-4-7-18(15-25)13-17-5-2-1-3-6-17/h1-3,5-6,8-9,14,18,21,26H,4,7,10-13,15-16H2,(H,24,27)/t18-,21?/m0/s1. The number of hydrogen-bond donors (Lipinski definition) is 2. The summed E-state index contributed by atoms with van der Waals surface area (Å²) < 4.78 is 5.46. The molecule has 5 nitrogen and oxygen atoms in total. The second-order valence-electron chi connectivity index (χ2n) is 7.90. The molecule has 0 spiro atoms. The van der Waals surface area contributed by atoms with Crippen LogP contribution in [0.15, 0.2) is 48.5 Å². The first-order valence-electron chi connectivity index (χ1n) is 10.2. The Hall–Kier alpha value is -2.37. The predicted octanol–water partition coefficient (Wildman–Crippen LogP) is 3.40. The van der Waals surface area contributed by atoms with Crippen molar-refractivity contribution < 1.29 is 14.6 Å². The Morgan fingerprint density at radius 2 is 2.07 bits per heavy atom. The van der Waals surface area contributed by atoms with E-state index < -0.39 is 6.10 Å². The SMILES string of the molecule is O=C1COc2cc(C(O)CCN3CCC[C@@H](Cc4ccccc4)C3)ccc2N1.